The van der Waals surface area contributed by atoms with E-state index in [-0.39, 0.29) is 0 Å². The Morgan fingerprint density at radius 3 is 2.36 bits per heavy atom. The molecule has 82 valence electrons. The van der Waals surface area contributed by atoms with Crippen LogP contribution in [-0.4, -0.2) is 18.6 Å². The molecule has 2 heteroatoms. The molecule has 0 aromatic heterocycles. The van der Waals surface area contributed by atoms with Gasteiger partial charge >= 0.3 is 0 Å². The van der Waals surface area contributed by atoms with Crippen LogP contribution < -0.4 is 11.1 Å². The van der Waals surface area contributed by atoms with Gasteiger partial charge in [-0.3, -0.25) is 0 Å². The van der Waals surface area contributed by atoms with Gasteiger partial charge in [-0.15, -0.1) is 0 Å². The van der Waals surface area contributed by atoms with E-state index in [1.54, 1.807) is 0 Å². The van der Waals surface area contributed by atoms with Crippen LogP contribution in [0.2, 0.25) is 0 Å². The minimum atomic E-state index is 0.536. The molecule has 0 aromatic rings. The van der Waals surface area contributed by atoms with Crippen molar-refractivity contribution >= 4 is 0 Å². The second kappa shape index (κ2) is 3.82. The maximum absolute atomic E-state index is 5.98. The van der Waals surface area contributed by atoms with E-state index in [1.807, 2.05) is 0 Å². The Labute approximate surface area is 87.6 Å². The number of nitrogens with two attached hydrogens (primary N) is 1. The van der Waals surface area contributed by atoms with Crippen molar-refractivity contribution in [1.29, 1.82) is 0 Å². The third-order valence-corrected chi connectivity index (χ3v) is 4.05. The fourth-order valence-electron chi connectivity index (χ4n) is 2.75. The Bertz CT molecular complexity index is 192. The van der Waals surface area contributed by atoms with Gasteiger partial charge in [0, 0.05) is 12.1 Å². The molecule has 0 radical (unpaired) electrons. The normalized spacial score (nSPS) is 42.0. The number of rotatable bonds is 3. The molecule has 14 heavy (non-hydrogen) atoms. The van der Waals surface area contributed by atoms with Crippen molar-refractivity contribution < 1.29 is 0 Å². The third-order valence-electron chi connectivity index (χ3n) is 4.05. The molecule has 0 aromatic carbocycles. The van der Waals surface area contributed by atoms with Gasteiger partial charge in [-0.05, 0) is 50.0 Å². The topological polar surface area (TPSA) is 38.0 Å². The summed E-state index contributed by atoms with van der Waals surface area (Å²) in [6, 6.07) is 1.31. The predicted molar refractivity (Wildman–Crippen MR) is 60.1 cm³/mol. The second-order valence-electron chi connectivity index (χ2n) is 5.75. The zero-order chi connectivity index (χ0) is 10.2. The van der Waals surface area contributed by atoms with Crippen LogP contribution in [0, 0.1) is 11.3 Å². The highest BCUT2D eigenvalue weighted by Crippen LogP contribution is 2.54. The smallest absolute Gasteiger partial charge is 0.0102 e. The Hall–Kier alpha value is -0.0800. The lowest BCUT2D eigenvalue weighted by Gasteiger charge is -2.30. The van der Waals surface area contributed by atoms with Gasteiger partial charge in [0.25, 0.3) is 0 Å². The minimum absolute atomic E-state index is 0.536. The highest BCUT2D eigenvalue weighted by Gasteiger charge is 2.52. The Balaban J connectivity index is 1.69. The summed E-state index contributed by atoms with van der Waals surface area (Å²) in [4.78, 5) is 0. The van der Waals surface area contributed by atoms with Crippen molar-refractivity contribution in [2.45, 2.75) is 58.0 Å². The standard InChI is InChI=1S/C12H24N2/c1-9(2)8-14-10-3-5-12(6-4-10)7-11(12)13/h9-11,14H,3-8,13H2,1-2H3. The maximum atomic E-state index is 5.98. The Morgan fingerprint density at radius 2 is 1.93 bits per heavy atom. The largest absolute Gasteiger partial charge is 0.327 e. The molecule has 2 rings (SSSR count). The van der Waals surface area contributed by atoms with Gasteiger partial charge in [-0.25, -0.2) is 0 Å². The fourth-order valence-corrected chi connectivity index (χ4v) is 2.75. The van der Waals surface area contributed by atoms with Crippen molar-refractivity contribution in [3.8, 4) is 0 Å². The zero-order valence-electron chi connectivity index (χ0n) is 9.55. The van der Waals surface area contributed by atoms with E-state index in [1.165, 1.54) is 38.6 Å². The zero-order valence-corrected chi connectivity index (χ0v) is 9.55. The van der Waals surface area contributed by atoms with Crippen LogP contribution in [0.1, 0.15) is 46.0 Å². The SMILES string of the molecule is CC(C)CNC1CCC2(CC1)CC2N. The summed E-state index contributed by atoms with van der Waals surface area (Å²) in [6.07, 6.45) is 6.72. The van der Waals surface area contributed by atoms with Crippen molar-refractivity contribution in [2.75, 3.05) is 6.54 Å². The summed E-state index contributed by atoms with van der Waals surface area (Å²) in [5, 5.41) is 3.66. The minimum Gasteiger partial charge on any atom is -0.327 e. The Kier molecular flexibility index (Phi) is 2.85. The van der Waals surface area contributed by atoms with Crippen LogP contribution in [0.25, 0.3) is 0 Å². The molecule has 1 atom stereocenters. The molecular formula is C12H24N2. The molecular weight excluding hydrogens is 172 g/mol. The van der Waals surface area contributed by atoms with Gasteiger partial charge in [0.05, 0.1) is 0 Å². The molecule has 3 N–H and O–H groups in total. The fraction of sp³-hybridized carbons (Fsp3) is 1.00. The maximum Gasteiger partial charge on any atom is 0.0102 e. The van der Waals surface area contributed by atoms with E-state index in [4.69, 9.17) is 5.73 Å². The van der Waals surface area contributed by atoms with Gasteiger partial charge in [0.15, 0.2) is 0 Å². The van der Waals surface area contributed by atoms with Crippen molar-refractivity contribution in [3.05, 3.63) is 0 Å². The molecule has 1 unspecified atom stereocenters. The second-order valence-corrected chi connectivity index (χ2v) is 5.75. The summed E-state index contributed by atoms with van der Waals surface area (Å²) in [7, 11) is 0. The van der Waals surface area contributed by atoms with Crippen LogP contribution in [0.4, 0.5) is 0 Å². The molecule has 0 amide bonds. The highest BCUT2D eigenvalue weighted by atomic mass is 14.9. The number of nitrogens with one attached hydrogen (secondary N) is 1. The van der Waals surface area contributed by atoms with Crippen LogP contribution >= 0.6 is 0 Å². The van der Waals surface area contributed by atoms with Crippen molar-refractivity contribution in [2.24, 2.45) is 17.1 Å². The van der Waals surface area contributed by atoms with Gasteiger partial charge < -0.3 is 11.1 Å². The molecule has 0 heterocycles. The first-order valence-corrected chi connectivity index (χ1v) is 6.11. The molecule has 2 saturated carbocycles. The lowest BCUT2D eigenvalue weighted by molar-refractivity contribution is 0.263. The molecule has 2 nitrogen and oxygen atoms in total. The quantitative estimate of drug-likeness (QED) is 0.723. The van der Waals surface area contributed by atoms with E-state index >= 15 is 0 Å². The monoisotopic (exact) mass is 196 g/mol. The summed E-state index contributed by atoms with van der Waals surface area (Å²) in [5.41, 5.74) is 6.57. The lowest BCUT2D eigenvalue weighted by Crippen LogP contribution is -2.36. The van der Waals surface area contributed by atoms with Crippen LogP contribution in [0.15, 0.2) is 0 Å². The van der Waals surface area contributed by atoms with Crippen LogP contribution in [0.3, 0.4) is 0 Å². The van der Waals surface area contributed by atoms with Crippen LogP contribution in [0.5, 0.6) is 0 Å². The third kappa shape index (κ3) is 2.12. The van der Waals surface area contributed by atoms with Crippen LogP contribution in [-0.2, 0) is 0 Å². The van der Waals surface area contributed by atoms with Gasteiger partial charge in [0.2, 0.25) is 0 Å². The van der Waals surface area contributed by atoms with E-state index in [0.717, 1.165) is 12.0 Å². The van der Waals surface area contributed by atoms with E-state index in [9.17, 15) is 0 Å². The number of hydrogen-bond donors (Lipinski definition) is 2. The van der Waals surface area contributed by atoms with Gasteiger partial charge in [-0.1, -0.05) is 13.8 Å². The molecule has 1 spiro atoms. The first-order chi connectivity index (χ1) is 6.62. The Morgan fingerprint density at radius 1 is 1.36 bits per heavy atom. The molecule has 0 saturated heterocycles. The molecule has 0 bridgehead atoms. The molecule has 0 aliphatic heterocycles. The van der Waals surface area contributed by atoms with E-state index < -0.39 is 0 Å². The lowest BCUT2D eigenvalue weighted by atomic mass is 9.83. The average Bonchev–Trinajstić information content (AvgIpc) is 2.76. The van der Waals surface area contributed by atoms with E-state index in [0.29, 0.717) is 11.5 Å². The summed E-state index contributed by atoms with van der Waals surface area (Å²) >= 11 is 0. The summed E-state index contributed by atoms with van der Waals surface area (Å²) in [5.74, 6) is 0.772. The first-order valence-electron chi connectivity index (χ1n) is 6.11. The molecule has 2 aliphatic rings. The van der Waals surface area contributed by atoms with E-state index in [2.05, 4.69) is 19.2 Å². The van der Waals surface area contributed by atoms with Gasteiger partial charge in [-0.2, -0.15) is 0 Å². The molecule has 2 aliphatic carbocycles. The summed E-state index contributed by atoms with van der Waals surface area (Å²) in [6.45, 7) is 5.71. The van der Waals surface area contributed by atoms with Crippen molar-refractivity contribution in [1.82, 2.24) is 5.32 Å². The average molecular weight is 196 g/mol. The predicted octanol–water partition coefficient (Wildman–Crippen LogP) is 1.89. The molecule has 2 fully saturated rings. The highest BCUT2D eigenvalue weighted by molar-refractivity contribution is 5.08. The number of hydrogen-bond acceptors (Lipinski definition) is 2. The first kappa shape index (κ1) is 10.4. The van der Waals surface area contributed by atoms with Gasteiger partial charge in [0.1, 0.15) is 0 Å². The summed E-state index contributed by atoms with van der Waals surface area (Å²) < 4.78 is 0. The van der Waals surface area contributed by atoms with Crippen molar-refractivity contribution in [3.63, 3.8) is 0 Å².